The zero-order valence-electron chi connectivity index (χ0n) is 10.2. The molecule has 1 unspecified atom stereocenters. The first-order valence-corrected chi connectivity index (χ1v) is 5.35. The molecular weight excluding hydrogens is 236 g/mol. The molecule has 1 rings (SSSR count). The van der Waals surface area contributed by atoms with Gasteiger partial charge in [-0.2, -0.15) is 5.26 Å². The fourth-order valence-corrected chi connectivity index (χ4v) is 1.40. The number of rotatable bonds is 6. The second-order valence-corrected chi connectivity index (χ2v) is 3.90. The fraction of sp³-hybridized carbons (Fsp3) is 0.455. The minimum absolute atomic E-state index is 0.164. The van der Waals surface area contributed by atoms with Gasteiger partial charge in [-0.1, -0.05) is 6.92 Å². The highest BCUT2D eigenvalue weighted by Crippen LogP contribution is 2.22. The molecule has 0 aliphatic rings. The first kappa shape index (κ1) is 13.9. The Balaban J connectivity index is 2.82. The molecule has 0 aliphatic heterocycles. The largest absolute Gasteiger partial charge is 0.384 e. The number of ether oxygens (including phenoxy) is 1. The molecule has 0 aromatic carbocycles. The first-order chi connectivity index (χ1) is 8.58. The van der Waals surface area contributed by atoms with E-state index in [1.54, 1.807) is 7.11 Å². The molecule has 0 aliphatic carbocycles. The lowest BCUT2D eigenvalue weighted by atomic mass is 10.2. The summed E-state index contributed by atoms with van der Waals surface area (Å²) in [6, 6.07) is 3.02. The highest BCUT2D eigenvalue weighted by Gasteiger charge is 2.16. The molecule has 1 heterocycles. The monoisotopic (exact) mass is 250 g/mol. The van der Waals surface area contributed by atoms with Crippen LogP contribution in [-0.4, -0.2) is 30.2 Å². The lowest BCUT2D eigenvalue weighted by Gasteiger charge is -2.11. The van der Waals surface area contributed by atoms with Crippen LogP contribution in [-0.2, 0) is 4.74 Å². The van der Waals surface area contributed by atoms with Gasteiger partial charge in [-0.05, 0) is 5.92 Å². The van der Waals surface area contributed by atoms with Crippen LogP contribution in [0.25, 0.3) is 0 Å². The molecule has 1 aromatic heterocycles. The number of anilines is 1. The molecule has 1 atom stereocenters. The number of nitriles is 1. The first-order valence-electron chi connectivity index (χ1n) is 5.35. The van der Waals surface area contributed by atoms with E-state index >= 15 is 0 Å². The highest BCUT2D eigenvalue weighted by molar-refractivity contribution is 5.58. The van der Waals surface area contributed by atoms with Gasteiger partial charge in [0, 0.05) is 25.9 Å². The van der Waals surface area contributed by atoms with Crippen LogP contribution in [0.15, 0.2) is 12.3 Å². The molecule has 0 saturated heterocycles. The molecule has 0 saturated carbocycles. The molecule has 0 fully saturated rings. The minimum atomic E-state index is -0.558. The van der Waals surface area contributed by atoms with E-state index in [-0.39, 0.29) is 23.0 Å². The lowest BCUT2D eigenvalue weighted by Crippen LogP contribution is -2.17. The molecule has 7 heteroatoms. The predicted molar refractivity (Wildman–Crippen MR) is 65.1 cm³/mol. The Morgan fingerprint density at radius 3 is 3.00 bits per heavy atom. The Morgan fingerprint density at radius 2 is 2.44 bits per heavy atom. The second-order valence-electron chi connectivity index (χ2n) is 3.90. The van der Waals surface area contributed by atoms with Gasteiger partial charge in [0.05, 0.1) is 17.1 Å². The van der Waals surface area contributed by atoms with Crippen molar-refractivity contribution in [2.75, 3.05) is 25.6 Å². The quantitative estimate of drug-likeness (QED) is 0.607. The fourth-order valence-electron chi connectivity index (χ4n) is 1.40. The van der Waals surface area contributed by atoms with Crippen LogP contribution in [0, 0.1) is 27.4 Å². The number of aromatic nitrogens is 1. The third kappa shape index (κ3) is 3.68. The average molecular weight is 250 g/mol. The molecular formula is C11H14N4O3. The Hall–Kier alpha value is -2.20. The average Bonchev–Trinajstić information content (AvgIpc) is 2.36. The molecule has 0 amide bonds. The number of hydrogen-bond donors (Lipinski definition) is 1. The van der Waals surface area contributed by atoms with Gasteiger partial charge in [0.2, 0.25) is 5.82 Å². The third-order valence-electron chi connectivity index (χ3n) is 2.26. The summed E-state index contributed by atoms with van der Waals surface area (Å²) in [6.45, 7) is 3.01. The van der Waals surface area contributed by atoms with Crippen LogP contribution in [0.3, 0.4) is 0 Å². The summed E-state index contributed by atoms with van der Waals surface area (Å²) >= 11 is 0. The Morgan fingerprint density at radius 1 is 1.72 bits per heavy atom. The van der Waals surface area contributed by atoms with Gasteiger partial charge < -0.3 is 10.1 Å². The van der Waals surface area contributed by atoms with E-state index in [2.05, 4.69) is 10.3 Å². The highest BCUT2D eigenvalue weighted by atomic mass is 16.6. The Bertz CT molecular complexity index is 470. The van der Waals surface area contributed by atoms with Crippen LogP contribution in [0.1, 0.15) is 12.5 Å². The van der Waals surface area contributed by atoms with Crippen molar-refractivity contribution in [3.63, 3.8) is 0 Å². The number of nitro groups is 1. The van der Waals surface area contributed by atoms with Gasteiger partial charge in [0.25, 0.3) is 0 Å². The molecule has 0 bridgehead atoms. The number of hydrogen-bond acceptors (Lipinski definition) is 6. The van der Waals surface area contributed by atoms with E-state index in [1.165, 1.54) is 12.3 Å². The predicted octanol–water partition coefficient (Wildman–Crippen LogP) is 1.56. The molecule has 0 spiro atoms. The molecule has 1 N–H and O–H groups in total. The maximum Gasteiger partial charge on any atom is 0.312 e. The SMILES string of the molecule is COCC(C)CNc1ncc(C#N)cc1[N+](=O)[O-]. The summed E-state index contributed by atoms with van der Waals surface area (Å²) in [4.78, 5) is 14.2. The van der Waals surface area contributed by atoms with Crippen molar-refractivity contribution in [1.29, 1.82) is 5.26 Å². The van der Waals surface area contributed by atoms with Gasteiger partial charge in [-0.15, -0.1) is 0 Å². The van der Waals surface area contributed by atoms with Crippen molar-refractivity contribution in [1.82, 2.24) is 4.98 Å². The van der Waals surface area contributed by atoms with Crippen LogP contribution in [0.5, 0.6) is 0 Å². The van der Waals surface area contributed by atoms with Crippen LogP contribution in [0.2, 0.25) is 0 Å². The second kappa shape index (κ2) is 6.51. The number of nitrogens with one attached hydrogen (secondary N) is 1. The van der Waals surface area contributed by atoms with E-state index in [1.807, 2.05) is 13.0 Å². The maximum atomic E-state index is 10.9. The zero-order chi connectivity index (χ0) is 13.5. The van der Waals surface area contributed by atoms with Crippen molar-refractivity contribution < 1.29 is 9.66 Å². The Kier molecular flexibility index (Phi) is 5.02. The third-order valence-corrected chi connectivity index (χ3v) is 2.26. The van der Waals surface area contributed by atoms with Gasteiger partial charge >= 0.3 is 5.69 Å². The topological polar surface area (TPSA) is 101 Å². The van der Waals surface area contributed by atoms with Gasteiger partial charge in [-0.25, -0.2) is 4.98 Å². The van der Waals surface area contributed by atoms with Crippen molar-refractivity contribution in [3.8, 4) is 6.07 Å². The summed E-state index contributed by atoms with van der Waals surface area (Å²) < 4.78 is 4.97. The molecule has 1 aromatic rings. The van der Waals surface area contributed by atoms with Crippen molar-refractivity contribution in [2.45, 2.75) is 6.92 Å². The number of pyridine rings is 1. The standard InChI is InChI=1S/C11H14N4O3/c1-8(7-18-2)5-13-11-10(15(16)17)3-9(4-12)6-14-11/h3,6,8H,5,7H2,1-2H3,(H,13,14). The summed E-state index contributed by atoms with van der Waals surface area (Å²) in [6.07, 6.45) is 1.30. The van der Waals surface area contributed by atoms with E-state index in [4.69, 9.17) is 10.00 Å². The van der Waals surface area contributed by atoms with E-state index in [0.717, 1.165) is 0 Å². The summed E-state index contributed by atoms with van der Waals surface area (Å²) in [5, 5.41) is 22.4. The summed E-state index contributed by atoms with van der Waals surface area (Å²) in [7, 11) is 1.60. The molecule has 0 radical (unpaired) electrons. The normalized spacial score (nSPS) is 11.6. The van der Waals surface area contributed by atoms with Crippen LogP contribution in [0.4, 0.5) is 11.5 Å². The Labute approximate surface area is 105 Å². The van der Waals surface area contributed by atoms with E-state index in [0.29, 0.717) is 13.2 Å². The van der Waals surface area contributed by atoms with Crippen molar-refractivity contribution in [3.05, 3.63) is 27.9 Å². The zero-order valence-corrected chi connectivity index (χ0v) is 10.2. The summed E-state index contributed by atoms with van der Waals surface area (Å²) in [5.74, 6) is 0.369. The smallest absolute Gasteiger partial charge is 0.312 e. The molecule has 18 heavy (non-hydrogen) atoms. The number of methoxy groups -OCH3 is 1. The summed E-state index contributed by atoms with van der Waals surface area (Å²) in [5.41, 5.74) is -0.0316. The maximum absolute atomic E-state index is 10.9. The minimum Gasteiger partial charge on any atom is -0.384 e. The van der Waals surface area contributed by atoms with Crippen molar-refractivity contribution >= 4 is 11.5 Å². The van der Waals surface area contributed by atoms with Gasteiger partial charge in [-0.3, -0.25) is 10.1 Å². The van der Waals surface area contributed by atoms with E-state index < -0.39 is 4.92 Å². The number of nitrogens with zero attached hydrogens (tertiary/aromatic N) is 3. The van der Waals surface area contributed by atoms with Crippen LogP contribution < -0.4 is 5.32 Å². The molecule has 96 valence electrons. The van der Waals surface area contributed by atoms with Crippen molar-refractivity contribution in [2.24, 2.45) is 5.92 Å². The van der Waals surface area contributed by atoms with Gasteiger partial charge in [0.15, 0.2) is 0 Å². The van der Waals surface area contributed by atoms with E-state index in [9.17, 15) is 10.1 Å². The lowest BCUT2D eigenvalue weighted by molar-refractivity contribution is -0.384. The molecule has 7 nitrogen and oxygen atoms in total. The van der Waals surface area contributed by atoms with Crippen LogP contribution >= 0.6 is 0 Å². The van der Waals surface area contributed by atoms with Gasteiger partial charge in [0.1, 0.15) is 6.07 Å².